The van der Waals surface area contributed by atoms with E-state index in [2.05, 4.69) is 0 Å². The van der Waals surface area contributed by atoms with E-state index in [1.54, 1.807) is 0 Å². The third-order valence-electron chi connectivity index (χ3n) is 2.45. The Balaban J connectivity index is 0.00000289. The van der Waals surface area contributed by atoms with E-state index in [0.717, 1.165) is 12.1 Å². The van der Waals surface area contributed by atoms with Crippen LogP contribution in [0.25, 0.3) is 0 Å². The van der Waals surface area contributed by atoms with Crippen molar-refractivity contribution in [1.82, 2.24) is 0 Å². The molecule has 1 aromatic carbocycles. The van der Waals surface area contributed by atoms with Gasteiger partial charge in [-0.15, -0.1) is 12.4 Å². The molecule has 2 N–H and O–H groups in total. The van der Waals surface area contributed by atoms with E-state index in [9.17, 15) is 17.6 Å². The van der Waals surface area contributed by atoms with Gasteiger partial charge in [-0.2, -0.15) is 13.2 Å². The zero-order valence-electron chi connectivity index (χ0n) is 10.1. The van der Waals surface area contributed by atoms with E-state index in [4.69, 9.17) is 5.73 Å². The number of nitrogens with two attached hydrogens (primary N) is 1. The molecule has 1 nitrogen and oxygen atoms in total. The van der Waals surface area contributed by atoms with E-state index in [1.165, 1.54) is 6.07 Å². The average Bonchev–Trinajstić information content (AvgIpc) is 2.14. The summed E-state index contributed by atoms with van der Waals surface area (Å²) < 4.78 is 50.2. The highest BCUT2D eigenvalue weighted by Crippen LogP contribution is 2.32. The van der Waals surface area contributed by atoms with Crippen LogP contribution in [0.5, 0.6) is 0 Å². The summed E-state index contributed by atoms with van der Waals surface area (Å²) in [6, 6.07) is 2.41. The van der Waals surface area contributed by atoms with Crippen LogP contribution in [0, 0.1) is 11.7 Å². The normalized spacial score (nSPS) is 13.3. The van der Waals surface area contributed by atoms with Gasteiger partial charge in [0.1, 0.15) is 5.82 Å². The van der Waals surface area contributed by atoms with Crippen LogP contribution in [0.4, 0.5) is 17.6 Å². The molecule has 1 aromatic rings. The second kappa shape index (κ2) is 6.38. The third-order valence-corrected chi connectivity index (χ3v) is 2.45. The maximum Gasteiger partial charge on any atom is 0.419 e. The quantitative estimate of drug-likeness (QED) is 0.823. The number of hydrogen-bond donors (Lipinski definition) is 1. The summed E-state index contributed by atoms with van der Waals surface area (Å²) >= 11 is 0. The molecule has 0 heterocycles. The Kier molecular flexibility index (Phi) is 6.10. The fourth-order valence-electron chi connectivity index (χ4n) is 1.64. The van der Waals surface area contributed by atoms with Crippen LogP contribution < -0.4 is 5.73 Å². The number of benzene rings is 1. The fraction of sp³-hybridized carbons (Fsp3) is 0.500. The zero-order valence-corrected chi connectivity index (χ0v) is 10.9. The van der Waals surface area contributed by atoms with Gasteiger partial charge in [-0.1, -0.05) is 19.9 Å². The first-order valence-corrected chi connectivity index (χ1v) is 5.34. The van der Waals surface area contributed by atoms with Crippen molar-refractivity contribution in [2.45, 2.75) is 32.5 Å². The van der Waals surface area contributed by atoms with Gasteiger partial charge in [0.2, 0.25) is 0 Å². The Morgan fingerprint density at radius 1 is 1.22 bits per heavy atom. The second-order valence-electron chi connectivity index (χ2n) is 4.47. The predicted octanol–water partition coefficient (Wildman–Crippen LogP) is 4.31. The van der Waals surface area contributed by atoms with Gasteiger partial charge >= 0.3 is 6.18 Å². The third kappa shape index (κ3) is 4.46. The minimum Gasteiger partial charge on any atom is -0.324 e. The van der Waals surface area contributed by atoms with Crippen molar-refractivity contribution >= 4 is 12.4 Å². The van der Waals surface area contributed by atoms with Crippen molar-refractivity contribution in [2.75, 3.05) is 0 Å². The Labute approximate surface area is 110 Å². The number of rotatable bonds is 3. The van der Waals surface area contributed by atoms with Gasteiger partial charge in [0.25, 0.3) is 0 Å². The van der Waals surface area contributed by atoms with Gasteiger partial charge in [0.05, 0.1) is 5.56 Å². The maximum atomic E-state index is 13.3. The summed E-state index contributed by atoms with van der Waals surface area (Å²) in [6.07, 6.45) is -4.06. The van der Waals surface area contributed by atoms with Crippen LogP contribution in [0.1, 0.15) is 37.4 Å². The largest absolute Gasteiger partial charge is 0.419 e. The van der Waals surface area contributed by atoms with Crippen LogP contribution in [0.15, 0.2) is 18.2 Å². The molecule has 0 amide bonds. The molecule has 0 aromatic heterocycles. The lowest BCUT2D eigenvalue weighted by Crippen LogP contribution is -2.15. The first-order valence-electron chi connectivity index (χ1n) is 5.34. The highest BCUT2D eigenvalue weighted by atomic mass is 35.5. The summed E-state index contributed by atoms with van der Waals surface area (Å²) in [7, 11) is 0. The molecule has 0 unspecified atom stereocenters. The van der Waals surface area contributed by atoms with Gasteiger partial charge in [-0.3, -0.25) is 0 Å². The first kappa shape index (κ1) is 17.2. The Morgan fingerprint density at radius 3 is 2.17 bits per heavy atom. The van der Waals surface area contributed by atoms with Gasteiger partial charge < -0.3 is 5.73 Å². The van der Waals surface area contributed by atoms with Crippen molar-refractivity contribution in [3.05, 3.63) is 35.1 Å². The molecular weight excluding hydrogens is 270 g/mol. The Bertz CT molecular complexity index is 390. The average molecular weight is 286 g/mol. The van der Waals surface area contributed by atoms with Crippen molar-refractivity contribution in [3.8, 4) is 0 Å². The lowest BCUT2D eigenvalue weighted by molar-refractivity contribution is -0.140. The van der Waals surface area contributed by atoms with Crippen molar-refractivity contribution in [3.63, 3.8) is 0 Å². The monoisotopic (exact) mass is 285 g/mol. The van der Waals surface area contributed by atoms with Gasteiger partial charge in [0, 0.05) is 6.04 Å². The first-order chi connectivity index (χ1) is 7.71. The van der Waals surface area contributed by atoms with Gasteiger partial charge in [-0.25, -0.2) is 4.39 Å². The van der Waals surface area contributed by atoms with Crippen molar-refractivity contribution in [2.24, 2.45) is 11.7 Å². The molecule has 0 saturated heterocycles. The summed E-state index contributed by atoms with van der Waals surface area (Å²) in [4.78, 5) is 0. The molecule has 1 rings (SSSR count). The van der Waals surface area contributed by atoms with Crippen molar-refractivity contribution < 1.29 is 17.6 Å². The van der Waals surface area contributed by atoms with Crippen LogP contribution in [0.2, 0.25) is 0 Å². The number of halogens is 5. The molecule has 18 heavy (non-hydrogen) atoms. The summed E-state index contributed by atoms with van der Waals surface area (Å²) in [6.45, 7) is 3.89. The smallest absolute Gasteiger partial charge is 0.324 e. The van der Waals surface area contributed by atoms with Gasteiger partial charge in [0.15, 0.2) is 0 Å². The Hall–Kier alpha value is -0.810. The lowest BCUT2D eigenvalue weighted by Gasteiger charge is -2.16. The molecule has 6 heteroatoms. The SMILES string of the molecule is CC(C)C[C@H](N)c1ccc(C(F)(F)F)c(F)c1.Cl. The summed E-state index contributed by atoms with van der Waals surface area (Å²) in [5.74, 6) is -0.968. The van der Waals surface area contributed by atoms with Crippen LogP contribution in [-0.2, 0) is 6.18 Å². The molecule has 0 aliphatic carbocycles. The predicted molar refractivity (Wildman–Crippen MR) is 65.0 cm³/mol. The van der Waals surface area contributed by atoms with Crippen LogP contribution in [-0.4, -0.2) is 0 Å². The van der Waals surface area contributed by atoms with E-state index in [0.29, 0.717) is 17.9 Å². The van der Waals surface area contributed by atoms with E-state index < -0.39 is 23.6 Å². The van der Waals surface area contributed by atoms with E-state index >= 15 is 0 Å². The van der Waals surface area contributed by atoms with Crippen molar-refractivity contribution in [1.29, 1.82) is 0 Å². The van der Waals surface area contributed by atoms with Gasteiger partial charge in [-0.05, 0) is 30.0 Å². The number of hydrogen-bond acceptors (Lipinski definition) is 1. The molecular formula is C12H16ClF4N. The molecule has 104 valence electrons. The highest BCUT2D eigenvalue weighted by molar-refractivity contribution is 5.85. The standard InChI is InChI=1S/C12H15F4N.ClH/c1-7(2)5-11(17)8-3-4-9(10(13)6-8)12(14,15)16;/h3-4,6-7,11H,5,17H2,1-2H3;1H/t11-;/m0./s1. The molecule has 1 atom stereocenters. The van der Waals surface area contributed by atoms with E-state index in [1.807, 2.05) is 13.8 Å². The number of alkyl halides is 3. The fourth-order valence-corrected chi connectivity index (χ4v) is 1.64. The molecule has 0 bridgehead atoms. The molecule has 0 aliphatic heterocycles. The Morgan fingerprint density at radius 2 is 1.78 bits per heavy atom. The molecule has 0 radical (unpaired) electrons. The molecule has 0 fully saturated rings. The maximum absolute atomic E-state index is 13.3. The topological polar surface area (TPSA) is 26.0 Å². The summed E-state index contributed by atoms with van der Waals surface area (Å²) in [5, 5.41) is 0. The molecule has 0 saturated carbocycles. The molecule has 0 aliphatic rings. The van der Waals surface area contributed by atoms with Crippen LogP contribution >= 0.6 is 12.4 Å². The summed E-state index contributed by atoms with van der Waals surface area (Å²) in [5.41, 5.74) is 4.92. The van der Waals surface area contributed by atoms with Crippen LogP contribution in [0.3, 0.4) is 0 Å². The minimum atomic E-state index is -4.66. The zero-order chi connectivity index (χ0) is 13.2. The van der Waals surface area contributed by atoms with E-state index in [-0.39, 0.29) is 12.4 Å². The highest BCUT2D eigenvalue weighted by Gasteiger charge is 2.34. The minimum absolute atomic E-state index is 0. The second-order valence-corrected chi connectivity index (χ2v) is 4.47. The molecule has 0 spiro atoms. The lowest BCUT2D eigenvalue weighted by atomic mass is 9.97.